The summed E-state index contributed by atoms with van der Waals surface area (Å²) in [6, 6.07) is 9.95. The molecule has 0 aliphatic carbocycles. The molecule has 1 aromatic heterocycles. The van der Waals surface area contributed by atoms with Gasteiger partial charge < -0.3 is 14.9 Å². The highest BCUT2D eigenvalue weighted by atomic mass is 16.4. The van der Waals surface area contributed by atoms with Gasteiger partial charge in [0.05, 0.1) is 5.69 Å². The summed E-state index contributed by atoms with van der Waals surface area (Å²) in [5, 5.41) is 13.1. The van der Waals surface area contributed by atoms with Gasteiger partial charge in [0.25, 0.3) is 0 Å². The molecule has 0 atom stereocenters. The lowest BCUT2D eigenvalue weighted by atomic mass is 10.1. The molecule has 0 amide bonds. The standard InChI is InChI=1S/C18H24N4O2/c1-20-9-11-22(12-10-20)8-7-14-3-5-15(6-4-14)17-13-16(18(23)24)19-21(17)2/h3-6,13H,7-12H2,1-2H3,(H,23,24). The number of carbonyl (C=O) groups is 1. The molecule has 128 valence electrons. The second-order valence-electron chi connectivity index (χ2n) is 6.44. The predicted octanol–water partition coefficient (Wildman–Crippen LogP) is 1.58. The highest BCUT2D eigenvalue weighted by Crippen LogP contribution is 2.21. The second kappa shape index (κ2) is 7.15. The lowest BCUT2D eigenvalue weighted by molar-refractivity contribution is 0.0689. The van der Waals surface area contributed by atoms with E-state index in [1.165, 1.54) is 5.56 Å². The van der Waals surface area contributed by atoms with Crippen LogP contribution in [0.15, 0.2) is 30.3 Å². The normalized spacial score (nSPS) is 16.4. The fraction of sp³-hybridized carbons (Fsp3) is 0.444. The Morgan fingerprint density at radius 3 is 2.38 bits per heavy atom. The third-order valence-electron chi connectivity index (χ3n) is 4.66. The second-order valence-corrected chi connectivity index (χ2v) is 6.44. The zero-order valence-electron chi connectivity index (χ0n) is 14.3. The highest BCUT2D eigenvalue weighted by molar-refractivity contribution is 5.87. The first-order valence-corrected chi connectivity index (χ1v) is 8.30. The average molecular weight is 328 g/mol. The Bertz CT molecular complexity index is 700. The molecule has 1 aliphatic rings. The maximum absolute atomic E-state index is 11.0. The number of aromatic carboxylic acids is 1. The molecule has 0 bridgehead atoms. The number of nitrogens with zero attached hydrogens (tertiary/aromatic N) is 4. The van der Waals surface area contributed by atoms with Gasteiger partial charge in [-0.25, -0.2) is 4.79 Å². The van der Waals surface area contributed by atoms with Crippen LogP contribution in [0.2, 0.25) is 0 Å². The SMILES string of the molecule is CN1CCN(CCc2ccc(-c3cc(C(=O)O)nn3C)cc2)CC1. The summed E-state index contributed by atoms with van der Waals surface area (Å²) in [6.45, 7) is 5.65. The number of benzene rings is 1. The lowest BCUT2D eigenvalue weighted by Crippen LogP contribution is -2.45. The van der Waals surface area contributed by atoms with Gasteiger partial charge in [-0.2, -0.15) is 5.10 Å². The van der Waals surface area contributed by atoms with Crippen molar-refractivity contribution in [1.29, 1.82) is 0 Å². The summed E-state index contributed by atoms with van der Waals surface area (Å²) in [5.74, 6) is -0.999. The molecule has 1 fully saturated rings. The van der Waals surface area contributed by atoms with Crippen LogP contribution in [0.4, 0.5) is 0 Å². The molecule has 0 radical (unpaired) electrons. The molecule has 1 N–H and O–H groups in total. The van der Waals surface area contributed by atoms with Crippen LogP contribution in [0.1, 0.15) is 16.1 Å². The van der Waals surface area contributed by atoms with Crippen molar-refractivity contribution in [2.75, 3.05) is 39.8 Å². The first-order chi connectivity index (χ1) is 11.5. The fourth-order valence-corrected chi connectivity index (χ4v) is 3.04. The van der Waals surface area contributed by atoms with E-state index in [1.807, 2.05) is 12.1 Å². The predicted molar refractivity (Wildman–Crippen MR) is 93.2 cm³/mol. The minimum atomic E-state index is -0.999. The number of rotatable bonds is 5. The van der Waals surface area contributed by atoms with E-state index in [-0.39, 0.29) is 5.69 Å². The van der Waals surface area contributed by atoms with Crippen LogP contribution in [-0.2, 0) is 13.5 Å². The van der Waals surface area contributed by atoms with Gasteiger partial charge in [0.2, 0.25) is 0 Å². The van der Waals surface area contributed by atoms with Crippen molar-refractivity contribution >= 4 is 5.97 Å². The molecule has 2 aromatic rings. The van der Waals surface area contributed by atoms with E-state index in [1.54, 1.807) is 17.8 Å². The quantitative estimate of drug-likeness (QED) is 0.903. The molecule has 0 unspecified atom stereocenters. The summed E-state index contributed by atoms with van der Waals surface area (Å²) < 4.78 is 1.61. The van der Waals surface area contributed by atoms with E-state index in [0.717, 1.165) is 50.4 Å². The number of hydrogen-bond acceptors (Lipinski definition) is 4. The zero-order chi connectivity index (χ0) is 17.1. The van der Waals surface area contributed by atoms with E-state index in [2.05, 4.69) is 34.1 Å². The van der Waals surface area contributed by atoms with Gasteiger partial charge in [-0.05, 0) is 30.7 Å². The van der Waals surface area contributed by atoms with Gasteiger partial charge in [0.1, 0.15) is 0 Å². The first kappa shape index (κ1) is 16.7. The maximum atomic E-state index is 11.0. The van der Waals surface area contributed by atoms with Gasteiger partial charge in [-0.1, -0.05) is 24.3 Å². The van der Waals surface area contributed by atoms with E-state index >= 15 is 0 Å². The summed E-state index contributed by atoms with van der Waals surface area (Å²) >= 11 is 0. The fourth-order valence-electron chi connectivity index (χ4n) is 3.04. The molecule has 24 heavy (non-hydrogen) atoms. The Labute approximate surface area is 142 Å². The van der Waals surface area contributed by atoms with Crippen LogP contribution in [0.25, 0.3) is 11.3 Å². The number of aromatic nitrogens is 2. The van der Waals surface area contributed by atoms with E-state index < -0.39 is 5.97 Å². The van der Waals surface area contributed by atoms with Gasteiger partial charge in [0, 0.05) is 39.8 Å². The third-order valence-corrected chi connectivity index (χ3v) is 4.66. The molecule has 6 heteroatoms. The Balaban J connectivity index is 1.62. The molecule has 0 saturated carbocycles. The van der Waals surface area contributed by atoms with Crippen molar-refractivity contribution in [3.8, 4) is 11.3 Å². The Morgan fingerprint density at radius 1 is 1.12 bits per heavy atom. The minimum Gasteiger partial charge on any atom is -0.476 e. The van der Waals surface area contributed by atoms with Crippen molar-refractivity contribution in [2.45, 2.75) is 6.42 Å². The topological polar surface area (TPSA) is 61.6 Å². The van der Waals surface area contributed by atoms with Gasteiger partial charge >= 0.3 is 5.97 Å². The van der Waals surface area contributed by atoms with Crippen LogP contribution in [0.5, 0.6) is 0 Å². The molecule has 2 heterocycles. The van der Waals surface area contributed by atoms with Gasteiger partial charge in [-0.3, -0.25) is 4.68 Å². The van der Waals surface area contributed by atoms with E-state index in [9.17, 15) is 4.79 Å². The van der Waals surface area contributed by atoms with Crippen LogP contribution < -0.4 is 0 Å². The Kier molecular flexibility index (Phi) is 4.97. The van der Waals surface area contributed by atoms with Crippen LogP contribution in [0, 0.1) is 0 Å². The maximum Gasteiger partial charge on any atom is 0.356 e. The number of piperazine rings is 1. The first-order valence-electron chi connectivity index (χ1n) is 8.30. The van der Waals surface area contributed by atoms with Crippen LogP contribution in [-0.4, -0.2) is 70.4 Å². The number of likely N-dealkylation sites (N-methyl/N-ethyl adjacent to an activating group) is 1. The molecular weight excluding hydrogens is 304 g/mol. The van der Waals surface area contributed by atoms with Crippen LogP contribution >= 0.6 is 0 Å². The molecular formula is C18H24N4O2. The monoisotopic (exact) mass is 328 g/mol. The summed E-state index contributed by atoms with van der Waals surface area (Å²) in [6.07, 6.45) is 1.04. The number of carboxylic acids is 1. The number of carboxylic acid groups (broad SMARTS) is 1. The molecule has 1 aromatic carbocycles. The third kappa shape index (κ3) is 3.83. The van der Waals surface area contributed by atoms with Gasteiger partial charge in [-0.15, -0.1) is 0 Å². The largest absolute Gasteiger partial charge is 0.476 e. The van der Waals surface area contributed by atoms with Crippen molar-refractivity contribution in [3.63, 3.8) is 0 Å². The molecule has 0 spiro atoms. The number of aryl methyl sites for hydroxylation is 1. The average Bonchev–Trinajstić information content (AvgIpc) is 2.97. The summed E-state index contributed by atoms with van der Waals surface area (Å²) in [4.78, 5) is 15.9. The van der Waals surface area contributed by atoms with Crippen molar-refractivity contribution in [1.82, 2.24) is 19.6 Å². The molecule has 6 nitrogen and oxygen atoms in total. The molecule has 3 rings (SSSR count). The van der Waals surface area contributed by atoms with Crippen molar-refractivity contribution in [3.05, 3.63) is 41.6 Å². The lowest BCUT2D eigenvalue weighted by Gasteiger charge is -2.32. The van der Waals surface area contributed by atoms with E-state index in [0.29, 0.717) is 0 Å². The molecule has 1 aliphatic heterocycles. The van der Waals surface area contributed by atoms with E-state index in [4.69, 9.17) is 5.11 Å². The Morgan fingerprint density at radius 2 is 1.79 bits per heavy atom. The van der Waals surface area contributed by atoms with Crippen molar-refractivity contribution in [2.24, 2.45) is 7.05 Å². The number of hydrogen-bond donors (Lipinski definition) is 1. The van der Waals surface area contributed by atoms with Crippen LogP contribution in [0.3, 0.4) is 0 Å². The van der Waals surface area contributed by atoms with Crippen molar-refractivity contribution < 1.29 is 9.90 Å². The Hall–Kier alpha value is -2.18. The molecule has 1 saturated heterocycles. The highest BCUT2D eigenvalue weighted by Gasteiger charge is 2.14. The smallest absolute Gasteiger partial charge is 0.356 e. The summed E-state index contributed by atoms with van der Waals surface area (Å²) in [5.41, 5.74) is 3.18. The minimum absolute atomic E-state index is 0.0756. The van der Waals surface area contributed by atoms with Gasteiger partial charge in [0.15, 0.2) is 5.69 Å². The zero-order valence-corrected chi connectivity index (χ0v) is 14.3. The summed E-state index contributed by atoms with van der Waals surface area (Å²) in [7, 11) is 3.94.